The molecule has 2 aromatic rings. The van der Waals surface area contributed by atoms with E-state index in [1.54, 1.807) is 31.5 Å². The van der Waals surface area contributed by atoms with Gasteiger partial charge in [0.05, 0.1) is 13.3 Å². The minimum absolute atomic E-state index is 0.0824. The lowest BCUT2D eigenvalue weighted by Gasteiger charge is -2.09. The van der Waals surface area contributed by atoms with Crippen LogP contribution in [0.15, 0.2) is 40.4 Å². The average Bonchev–Trinajstić information content (AvgIpc) is 3.04. The van der Waals surface area contributed by atoms with Crippen molar-refractivity contribution in [2.75, 3.05) is 19.1 Å². The molecule has 0 saturated heterocycles. The van der Waals surface area contributed by atoms with Gasteiger partial charge in [0.1, 0.15) is 12.7 Å². The highest BCUT2D eigenvalue weighted by atomic mass is 16.5. The summed E-state index contributed by atoms with van der Waals surface area (Å²) in [7, 11) is 1.57. The van der Waals surface area contributed by atoms with Crippen LogP contribution in [0.25, 0.3) is 0 Å². The van der Waals surface area contributed by atoms with Crippen molar-refractivity contribution < 1.29 is 13.9 Å². The topological polar surface area (TPSA) is 92.7 Å². The number of nitrogens with one attached hydrogen (secondary N) is 1. The van der Waals surface area contributed by atoms with Crippen molar-refractivity contribution in [2.24, 2.45) is 5.10 Å². The van der Waals surface area contributed by atoms with Crippen molar-refractivity contribution in [3.8, 4) is 17.6 Å². The first kappa shape index (κ1) is 18.1. The number of anilines is 1. The highest BCUT2D eigenvalue weighted by Gasteiger charge is 2.14. The zero-order valence-electron chi connectivity index (χ0n) is 14.4. The number of rotatable bonds is 8. The summed E-state index contributed by atoms with van der Waals surface area (Å²) in [5.41, 5.74) is 3.67. The molecule has 1 aromatic carbocycles. The smallest absolute Gasteiger partial charge is 0.252 e. The molecular weight excluding hydrogens is 320 g/mol. The van der Waals surface area contributed by atoms with Crippen LogP contribution in [0.4, 0.5) is 5.88 Å². The monoisotopic (exact) mass is 340 g/mol. The maximum absolute atomic E-state index is 9.10. The van der Waals surface area contributed by atoms with Crippen molar-refractivity contribution in [1.82, 2.24) is 4.98 Å². The van der Waals surface area contributed by atoms with Gasteiger partial charge in [-0.15, -0.1) is 0 Å². The van der Waals surface area contributed by atoms with Crippen LogP contribution in [-0.4, -0.2) is 24.9 Å². The third-order valence-corrected chi connectivity index (χ3v) is 3.17. The van der Waals surface area contributed by atoms with Crippen LogP contribution in [0.2, 0.25) is 0 Å². The first-order chi connectivity index (χ1) is 12.1. The number of benzene rings is 1. The van der Waals surface area contributed by atoms with Gasteiger partial charge in [0.2, 0.25) is 11.6 Å². The molecule has 130 valence electrons. The molecule has 0 atom stereocenters. The minimum atomic E-state index is 0.0824. The van der Waals surface area contributed by atoms with E-state index < -0.39 is 0 Å². The molecule has 1 aromatic heterocycles. The van der Waals surface area contributed by atoms with Crippen molar-refractivity contribution in [1.29, 1.82) is 5.26 Å². The van der Waals surface area contributed by atoms with E-state index in [-0.39, 0.29) is 17.5 Å². The number of ether oxygens (including phenoxy) is 2. The Morgan fingerprint density at radius 3 is 2.88 bits per heavy atom. The number of nitrogens with zero attached hydrogens (tertiary/aromatic N) is 3. The third kappa shape index (κ3) is 4.61. The summed E-state index contributed by atoms with van der Waals surface area (Å²) >= 11 is 0. The largest absolute Gasteiger partial charge is 0.493 e. The van der Waals surface area contributed by atoms with E-state index in [1.165, 1.54) is 0 Å². The van der Waals surface area contributed by atoms with Gasteiger partial charge in [-0.05, 0) is 23.8 Å². The van der Waals surface area contributed by atoms with Gasteiger partial charge in [-0.1, -0.05) is 26.5 Å². The zero-order valence-corrected chi connectivity index (χ0v) is 14.4. The van der Waals surface area contributed by atoms with E-state index in [9.17, 15) is 0 Å². The fraction of sp³-hybridized carbons (Fsp3) is 0.278. The van der Waals surface area contributed by atoms with Crippen LogP contribution in [0.5, 0.6) is 11.5 Å². The molecule has 0 amide bonds. The summed E-state index contributed by atoms with van der Waals surface area (Å²) in [6, 6.07) is 7.38. The van der Waals surface area contributed by atoms with Crippen LogP contribution in [0, 0.1) is 11.3 Å². The van der Waals surface area contributed by atoms with E-state index in [2.05, 4.69) is 22.1 Å². The second-order valence-electron chi connectivity index (χ2n) is 5.38. The molecule has 0 fully saturated rings. The summed E-state index contributed by atoms with van der Waals surface area (Å²) in [6.07, 6.45) is 3.24. The molecule has 2 rings (SSSR count). The lowest BCUT2D eigenvalue weighted by molar-refractivity contribution is 0.326. The lowest BCUT2D eigenvalue weighted by atomic mass is 10.2. The summed E-state index contributed by atoms with van der Waals surface area (Å²) in [6.45, 7) is 7.87. The van der Waals surface area contributed by atoms with Crippen LogP contribution >= 0.6 is 0 Å². The van der Waals surface area contributed by atoms with Gasteiger partial charge in [-0.3, -0.25) is 0 Å². The Morgan fingerprint density at radius 1 is 1.44 bits per heavy atom. The molecule has 0 unspecified atom stereocenters. The Labute approximate surface area is 146 Å². The Morgan fingerprint density at radius 2 is 2.24 bits per heavy atom. The second-order valence-corrected chi connectivity index (χ2v) is 5.38. The SMILES string of the molecule is C=CCOc1ccc(/C=N/Nc2oc(C(C)C)nc2C#N)cc1OC. The number of methoxy groups -OCH3 is 1. The van der Waals surface area contributed by atoms with Crippen LogP contribution in [0.3, 0.4) is 0 Å². The Hall–Kier alpha value is -3.27. The molecule has 0 radical (unpaired) electrons. The highest BCUT2D eigenvalue weighted by Crippen LogP contribution is 2.27. The van der Waals surface area contributed by atoms with Gasteiger partial charge in [0.15, 0.2) is 11.5 Å². The van der Waals surface area contributed by atoms with Crippen LogP contribution < -0.4 is 14.9 Å². The molecule has 1 heterocycles. The summed E-state index contributed by atoms with van der Waals surface area (Å²) < 4.78 is 16.3. The fourth-order valence-corrected chi connectivity index (χ4v) is 1.93. The average molecular weight is 340 g/mol. The van der Waals surface area contributed by atoms with Crippen molar-refractivity contribution in [2.45, 2.75) is 19.8 Å². The van der Waals surface area contributed by atoms with E-state index in [0.29, 0.717) is 24.0 Å². The maximum Gasteiger partial charge on any atom is 0.252 e. The molecular formula is C18H20N4O3. The van der Waals surface area contributed by atoms with E-state index >= 15 is 0 Å². The number of oxazole rings is 1. The highest BCUT2D eigenvalue weighted by molar-refractivity contribution is 5.81. The predicted octanol–water partition coefficient (Wildman–Crippen LogP) is 3.69. The molecule has 7 heteroatoms. The molecule has 0 spiro atoms. The Bertz CT molecular complexity index is 803. The fourth-order valence-electron chi connectivity index (χ4n) is 1.93. The second kappa shape index (κ2) is 8.55. The van der Waals surface area contributed by atoms with Gasteiger partial charge >= 0.3 is 0 Å². The molecule has 0 saturated carbocycles. The normalized spacial score (nSPS) is 10.7. The number of nitriles is 1. The van der Waals surface area contributed by atoms with E-state index in [0.717, 1.165) is 5.56 Å². The molecule has 0 aliphatic rings. The molecule has 0 aliphatic heterocycles. The Kier molecular flexibility index (Phi) is 6.18. The van der Waals surface area contributed by atoms with Crippen molar-refractivity contribution >= 4 is 12.1 Å². The minimum Gasteiger partial charge on any atom is -0.493 e. The molecule has 0 aliphatic carbocycles. The number of aromatic nitrogens is 1. The van der Waals surface area contributed by atoms with Gasteiger partial charge in [0.25, 0.3) is 5.88 Å². The van der Waals surface area contributed by atoms with Gasteiger partial charge in [-0.25, -0.2) is 10.4 Å². The number of hydrazone groups is 1. The number of hydrogen-bond donors (Lipinski definition) is 1. The predicted molar refractivity (Wildman–Crippen MR) is 95.2 cm³/mol. The Balaban J connectivity index is 2.12. The van der Waals surface area contributed by atoms with Gasteiger partial charge in [0, 0.05) is 5.92 Å². The third-order valence-electron chi connectivity index (χ3n) is 3.17. The molecule has 7 nitrogen and oxygen atoms in total. The van der Waals surface area contributed by atoms with Gasteiger partial charge in [-0.2, -0.15) is 10.4 Å². The summed E-state index contributed by atoms with van der Waals surface area (Å²) in [4.78, 5) is 4.11. The quantitative estimate of drug-likeness (QED) is 0.447. The summed E-state index contributed by atoms with van der Waals surface area (Å²) in [5, 5.41) is 13.2. The standard InChI is InChI=1S/C18H20N4O3/c1-5-8-24-15-7-6-13(9-16(15)23-4)11-20-22-18-14(10-19)21-17(25-18)12(2)3/h5-7,9,11-12,22H,1,8H2,2-4H3/b20-11+. The molecule has 25 heavy (non-hydrogen) atoms. The van der Waals surface area contributed by atoms with Crippen molar-refractivity contribution in [3.63, 3.8) is 0 Å². The number of hydrogen-bond acceptors (Lipinski definition) is 7. The van der Waals surface area contributed by atoms with Crippen molar-refractivity contribution in [3.05, 3.63) is 48.0 Å². The lowest BCUT2D eigenvalue weighted by Crippen LogP contribution is -1.97. The van der Waals surface area contributed by atoms with E-state index in [4.69, 9.17) is 19.2 Å². The maximum atomic E-state index is 9.10. The van der Waals surface area contributed by atoms with Crippen LogP contribution in [0.1, 0.15) is 36.9 Å². The molecule has 0 bridgehead atoms. The van der Waals surface area contributed by atoms with E-state index in [1.807, 2.05) is 26.0 Å². The first-order valence-corrected chi connectivity index (χ1v) is 7.70. The van der Waals surface area contributed by atoms with Crippen LogP contribution in [-0.2, 0) is 0 Å². The molecule has 1 N–H and O–H groups in total. The first-order valence-electron chi connectivity index (χ1n) is 7.70. The zero-order chi connectivity index (χ0) is 18.2. The van der Waals surface area contributed by atoms with Gasteiger partial charge < -0.3 is 13.9 Å². The summed E-state index contributed by atoms with van der Waals surface area (Å²) in [5.74, 6) is 2.00.